The lowest BCUT2D eigenvalue weighted by Gasteiger charge is -2.10. The minimum Gasteiger partial charge on any atom is -0.384 e. The molecule has 3 N–H and O–H groups in total. The van der Waals surface area contributed by atoms with Gasteiger partial charge in [-0.15, -0.1) is 0 Å². The highest BCUT2D eigenvalue weighted by molar-refractivity contribution is 6.35. The quantitative estimate of drug-likeness (QED) is 0.558. The molecule has 1 aromatic carbocycles. The van der Waals surface area contributed by atoms with Gasteiger partial charge in [0.25, 0.3) is 0 Å². The fourth-order valence-electron chi connectivity index (χ4n) is 2.81. The van der Waals surface area contributed by atoms with Gasteiger partial charge < -0.3 is 11.1 Å². The van der Waals surface area contributed by atoms with E-state index in [4.69, 9.17) is 28.9 Å². The van der Waals surface area contributed by atoms with Gasteiger partial charge in [0, 0.05) is 35.9 Å². The number of nitrogens with one attached hydrogen (secondary N) is 1. The first-order valence-electron chi connectivity index (χ1n) is 7.83. The minimum atomic E-state index is 0.451. The first-order valence-corrected chi connectivity index (χ1v) is 8.58. The van der Waals surface area contributed by atoms with Gasteiger partial charge in [0.1, 0.15) is 5.82 Å². The van der Waals surface area contributed by atoms with Crippen molar-refractivity contribution in [1.82, 2.24) is 24.4 Å². The van der Waals surface area contributed by atoms with Gasteiger partial charge in [0.2, 0.25) is 0 Å². The Kier molecular flexibility index (Phi) is 4.18. The molecule has 0 aliphatic carbocycles. The van der Waals surface area contributed by atoms with E-state index in [1.165, 1.54) is 0 Å². The van der Waals surface area contributed by atoms with E-state index in [1.807, 2.05) is 13.1 Å². The van der Waals surface area contributed by atoms with E-state index >= 15 is 0 Å². The van der Waals surface area contributed by atoms with Crippen LogP contribution >= 0.6 is 23.2 Å². The maximum absolute atomic E-state index is 6.36. The van der Waals surface area contributed by atoms with Crippen LogP contribution in [0.1, 0.15) is 5.56 Å². The standard InChI is InChI=1S/C17H15Cl2N7/c1-25-16(12-6-11(18)2-3-13(12)19)14(9-22-25)21-7-10-8-23-26-5-4-15(20)24-17(10)26/h2-6,8-9,21H,7H2,1H3,(H2,20,24). The summed E-state index contributed by atoms with van der Waals surface area (Å²) in [6.07, 6.45) is 5.29. The van der Waals surface area contributed by atoms with Gasteiger partial charge in [0.15, 0.2) is 5.65 Å². The number of rotatable bonds is 4. The van der Waals surface area contributed by atoms with E-state index in [-0.39, 0.29) is 0 Å². The van der Waals surface area contributed by atoms with Crippen LogP contribution in [0.15, 0.2) is 42.9 Å². The van der Waals surface area contributed by atoms with Crippen molar-refractivity contribution in [2.75, 3.05) is 11.1 Å². The molecular formula is C17H15Cl2N7. The summed E-state index contributed by atoms with van der Waals surface area (Å²) in [7, 11) is 1.86. The summed E-state index contributed by atoms with van der Waals surface area (Å²) in [5.41, 5.74) is 9.90. The fourth-order valence-corrected chi connectivity index (χ4v) is 3.19. The molecule has 132 valence electrons. The first-order chi connectivity index (χ1) is 12.5. The highest BCUT2D eigenvalue weighted by Crippen LogP contribution is 2.35. The number of aryl methyl sites for hydroxylation is 1. The lowest BCUT2D eigenvalue weighted by atomic mass is 10.1. The molecule has 0 bridgehead atoms. The predicted octanol–water partition coefficient (Wildman–Crippen LogP) is 3.63. The smallest absolute Gasteiger partial charge is 0.162 e. The van der Waals surface area contributed by atoms with E-state index in [1.54, 1.807) is 46.0 Å². The summed E-state index contributed by atoms with van der Waals surface area (Å²) in [5.74, 6) is 0.451. The zero-order chi connectivity index (χ0) is 18.3. The maximum Gasteiger partial charge on any atom is 0.162 e. The zero-order valence-corrected chi connectivity index (χ0v) is 15.3. The molecule has 3 heterocycles. The summed E-state index contributed by atoms with van der Waals surface area (Å²) in [5, 5.41) is 13.2. The maximum atomic E-state index is 6.36. The largest absolute Gasteiger partial charge is 0.384 e. The minimum absolute atomic E-state index is 0.451. The Labute approximate surface area is 159 Å². The lowest BCUT2D eigenvalue weighted by molar-refractivity contribution is 0.776. The van der Waals surface area contributed by atoms with E-state index in [2.05, 4.69) is 20.5 Å². The Morgan fingerprint density at radius 3 is 2.85 bits per heavy atom. The zero-order valence-electron chi connectivity index (χ0n) is 13.8. The number of aromatic nitrogens is 5. The van der Waals surface area contributed by atoms with Gasteiger partial charge in [0.05, 0.1) is 28.8 Å². The van der Waals surface area contributed by atoms with E-state index in [0.29, 0.717) is 28.1 Å². The third-order valence-electron chi connectivity index (χ3n) is 4.06. The average Bonchev–Trinajstić information content (AvgIpc) is 3.18. The Hall–Kier alpha value is -2.77. The Balaban J connectivity index is 1.67. The molecule has 0 saturated heterocycles. The molecule has 0 aliphatic heterocycles. The molecule has 4 aromatic rings. The number of nitrogens with zero attached hydrogens (tertiary/aromatic N) is 5. The van der Waals surface area contributed by atoms with Gasteiger partial charge in [-0.25, -0.2) is 9.50 Å². The predicted molar refractivity (Wildman–Crippen MR) is 103 cm³/mol. The number of benzene rings is 1. The second kappa shape index (κ2) is 6.51. The van der Waals surface area contributed by atoms with Crippen LogP contribution in [0.3, 0.4) is 0 Å². The van der Waals surface area contributed by atoms with Crippen molar-refractivity contribution in [2.45, 2.75) is 6.54 Å². The van der Waals surface area contributed by atoms with Crippen molar-refractivity contribution in [3.8, 4) is 11.3 Å². The second-order valence-corrected chi connectivity index (χ2v) is 6.64. The number of nitrogen functional groups attached to an aromatic ring is 1. The lowest BCUT2D eigenvalue weighted by Crippen LogP contribution is -2.03. The number of halogens is 2. The van der Waals surface area contributed by atoms with Crippen LogP contribution in [0.25, 0.3) is 16.9 Å². The van der Waals surface area contributed by atoms with E-state index < -0.39 is 0 Å². The molecule has 3 aromatic heterocycles. The summed E-state index contributed by atoms with van der Waals surface area (Å²) in [6, 6.07) is 7.06. The van der Waals surface area contributed by atoms with Crippen LogP contribution in [0, 0.1) is 0 Å². The number of fused-ring (bicyclic) bond motifs is 1. The number of nitrogens with two attached hydrogens (primary N) is 1. The Morgan fingerprint density at radius 2 is 2.00 bits per heavy atom. The summed E-state index contributed by atoms with van der Waals surface area (Å²) in [4.78, 5) is 4.34. The fraction of sp³-hybridized carbons (Fsp3) is 0.118. The van der Waals surface area contributed by atoms with Gasteiger partial charge >= 0.3 is 0 Å². The van der Waals surface area contributed by atoms with Crippen molar-refractivity contribution in [3.63, 3.8) is 0 Å². The Morgan fingerprint density at radius 1 is 1.15 bits per heavy atom. The van der Waals surface area contributed by atoms with Crippen LogP contribution < -0.4 is 11.1 Å². The van der Waals surface area contributed by atoms with Crippen LogP contribution in [-0.4, -0.2) is 24.4 Å². The van der Waals surface area contributed by atoms with Gasteiger partial charge in [-0.3, -0.25) is 4.68 Å². The van der Waals surface area contributed by atoms with Crippen molar-refractivity contribution in [1.29, 1.82) is 0 Å². The molecule has 0 atom stereocenters. The number of hydrogen-bond donors (Lipinski definition) is 2. The van der Waals surface area contributed by atoms with Gasteiger partial charge in [-0.05, 0) is 24.3 Å². The molecule has 4 rings (SSSR count). The average molecular weight is 388 g/mol. The molecule has 0 unspecified atom stereocenters. The summed E-state index contributed by atoms with van der Waals surface area (Å²) >= 11 is 12.5. The van der Waals surface area contributed by atoms with E-state index in [0.717, 1.165) is 22.5 Å². The highest BCUT2D eigenvalue weighted by Gasteiger charge is 2.15. The molecule has 0 spiro atoms. The molecule has 0 saturated carbocycles. The molecule has 7 nitrogen and oxygen atoms in total. The number of anilines is 2. The van der Waals surface area contributed by atoms with Gasteiger partial charge in [-0.2, -0.15) is 10.2 Å². The molecule has 9 heteroatoms. The SMILES string of the molecule is Cn1ncc(NCc2cnn3ccc(N)nc23)c1-c1cc(Cl)ccc1Cl. The third-order valence-corrected chi connectivity index (χ3v) is 4.62. The Bertz CT molecular complexity index is 1100. The first kappa shape index (κ1) is 16.7. The third kappa shape index (κ3) is 2.95. The van der Waals surface area contributed by atoms with Crippen LogP contribution in [-0.2, 0) is 13.6 Å². The molecule has 0 fully saturated rings. The number of hydrogen-bond acceptors (Lipinski definition) is 5. The topological polar surface area (TPSA) is 86.1 Å². The normalized spacial score (nSPS) is 11.2. The highest BCUT2D eigenvalue weighted by atomic mass is 35.5. The molecule has 0 radical (unpaired) electrons. The summed E-state index contributed by atoms with van der Waals surface area (Å²) < 4.78 is 3.44. The molecule has 0 aliphatic rings. The van der Waals surface area contributed by atoms with Crippen LogP contribution in [0.2, 0.25) is 10.0 Å². The van der Waals surface area contributed by atoms with E-state index in [9.17, 15) is 0 Å². The van der Waals surface area contributed by atoms with Crippen LogP contribution in [0.5, 0.6) is 0 Å². The van der Waals surface area contributed by atoms with Crippen molar-refractivity contribution >= 4 is 40.4 Å². The van der Waals surface area contributed by atoms with Gasteiger partial charge in [-0.1, -0.05) is 23.2 Å². The van der Waals surface area contributed by atoms with Crippen molar-refractivity contribution in [2.24, 2.45) is 7.05 Å². The van der Waals surface area contributed by atoms with Crippen molar-refractivity contribution < 1.29 is 0 Å². The van der Waals surface area contributed by atoms with Crippen LogP contribution in [0.4, 0.5) is 11.5 Å². The second-order valence-electron chi connectivity index (χ2n) is 5.80. The monoisotopic (exact) mass is 387 g/mol. The molecular weight excluding hydrogens is 373 g/mol. The molecule has 0 amide bonds. The molecule has 26 heavy (non-hydrogen) atoms. The summed E-state index contributed by atoms with van der Waals surface area (Å²) in [6.45, 7) is 0.511. The van der Waals surface area contributed by atoms with Crippen molar-refractivity contribution in [3.05, 3.63) is 58.5 Å².